The molecule has 70 valence electrons. The second-order valence-electron chi connectivity index (χ2n) is 3.54. The Hall–Kier alpha value is -1.82. The van der Waals surface area contributed by atoms with Crippen molar-refractivity contribution in [3.63, 3.8) is 0 Å². The van der Waals surface area contributed by atoms with E-state index in [1.165, 1.54) is 0 Å². The highest BCUT2D eigenvalue weighted by molar-refractivity contribution is 5.85. The molecule has 0 heterocycles. The van der Waals surface area contributed by atoms with E-state index in [2.05, 4.69) is 0 Å². The van der Waals surface area contributed by atoms with Crippen LogP contribution in [0.2, 0.25) is 0 Å². The first-order valence-corrected chi connectivity index (χ1v) is 4.44. The van der Waals surface area contributed by atoms with Gasteiger partial charge in [0, 0.05) is 0 Å². The van der Waals surface area contributed by atoms with E-state index in [9.17, 15) is 4.79 Å². The van der Waals surface area contributed by atoms with Crippen molar-refractivity contribution in [2.24, 2.45) is 0 Å². The van der Waals surface area contributed by atoms with Gasteiger partial charge in [-0.25, -0.2) is 0 Å². The van der Waals surface area contributed by atoms with Gasteiger partial charge in [0.15, 0.2) is 0 Å². The van der Waals surface area contributed by atoms with Crippen LogP contribution in [0.25, 0.3) is 0 Å². The van der Waals surface area contributed by atoms with Gasteiger partial charge in [-0.3, -0.25) is 4.79 Å². The molecule has 1 fully saturated rings. The number of carbonyl (C=O) groups is 1. The van der Waals surface area contributed by atoms with Crippen molar-refractivity contribution >= 4 is 5.97 Å². The summed E-state index contributed by atoms with van der Waals surface area (Å²) >= 11 is 0. The number of rotatable bonds is 2. The van der Waals surface area contributed by atoms with E-state index in [-0.39, 0.29) is 0 Å². The number of carboxylic acid groups (broad SMARTS) is 1. The molecule has 1 saturated carbocycles. The molecule has 0 unspecified atom stereocenters. The van der Waals surface area contributed by atoms with Gasteiger partial charge in [-0.2, -0.15) is 5.26 Å². The molecular formula is C11H9NO2. The van der Waals surface area contributed by atoms with Crippen molar-refractivity contribution in [3.05, 3.63) is 35.4 Å². The van der Waals surface area contributed by atoms with E-state index in [0.29, 0.717) is 24.0 Å². The summed E-state index contributed by atoms with van der Waals surface area (Å²) in [5, 5.41) is 17.9. The third-order valence-electron chi connectivity index (χ3n) is 2.72. The monoisotopic (exact) mass is 187 g/mol. The standard InChI is InChI=1S/C11H9NO2/c12-7-8-3-1-2-4-9(8)11(5-6-11)10(13)14/h1-4H,5-6H2,(H,13,14). The third-order valence-corrected chi connectivity index (χ3v) is 2.72. The Morgan fingerprint density at radius 3 is 2.57 bits per heavy atom. The molecule has 0 aromatic heterocycles. The van der Waals surface area contributed by atoms with Crippen LogP contribution < -0.4 is 0 Å². The van der Waals surface area contributed by atoms with E-state index >= 15 is 0 Å². The smallest absolute Gasteiger partial charge is 0.314 e. The van der Waals surface area contributed by atoms with E-state index in [4.69, 9.17) is 10.4 Å². The number of hydrogen-bond acceptors (Lipinski definition) is 2. The number of hydrogen-bond donors (Lipinski definition) is 1. The summed E-state index contributed by atoms with van der Waals surface area (Å²) in [6, 6.07) is 8.96. The normalized spacial score (nSPS) is 17.1. The fraction of sp³-hybridized carbons (Fsp3) is 0.273. The third kappa shape index (κ3) is 1.08. The molecular weight excluding hydrogens is 178 g/mol. The molecule has 1 aromatic rings. The van der Waals surface area contributed by atoms with Crippen molar-refractivity contribution in [2.75, 3.05) is 0 Å². The second kappa shape index (κ2) is 2.85. The zero-order valence-electron chi connectivity index (χ0n) is 7.53. The molecule has 1 aliphatic rings. The molecule has 0 aliphatic heterocycles. The highest BCUT2D eigenvalue weighted by atomic mass is 16.4. The maximum Gasteiger partial charge on any atom is 0.314 e. The molecule has 1 N–H and O–H groups in total. The Kier molecular flexibility index (Phi) is 1.78. The number of benzene rings is 1. The molecule has 0 spiro atoms. The van der Waals surface area contributed by atoms with Crippen LogP contribution in [0.3, 0.4) is 0 Å². The summed E-state index contributed by atoms with van der Waals surface area (Å²) in [5.41, 5.74) is 0.370. The lowest BCUT2D eigenvalue weighted by molar-refractivity contribution is -0.140. The van der Waals surface area contributed by atoms with Crippen LogP contribution in [0, 0.1) is 11.3 Å². The van der Waals surface area contributed by atoms with E-state index in [0.717, 1.165) is 0 Å². The van der Waals surface area contributed by atoms with Crippen molar-refractivity contribution in [1.82, 2.24) is 0 Å². The second-order valence-corrected chi connectivity index (χ2v) is 3.54. The fourth-order valence-electron chi connectivity index (χ4n) is 1.72. The lowest BCUT2D eigenvalue weighted by Crippen LogP contribution is -2.20. The van der Waals surface area contributed by atoms with E-state index in [1.54, 1.807) is 24.3 Å². The average Bonchev–Trinajstić information content (AvgIpc) is 2.98. The lowest BCUT2D eigenvalue weighted by atomic mass is 9.92. The van der Waals surface area contributed by atoms with Crippen LogP contribution in [-0.4, -0.2) is 11.1 Å². The van der Waals surface area contributed by atoms with Gasteiger partial charge in [-0.1, -0.05) is 18.2 Å². The number of nitriles is 1. The van der Waals surface area contributed by atoms with Crippen LogP contribution in [0.15, 0.2) is 24.3 Å². The Morgan fingerprint density at radius 2 is 2.07 bits per heavy atom. The quantitative estimate of drug-likeness (QED) is 0.766. The van der Waals surface area contributed by atoms with Gasteiger partial charge < -0.3 is 5.11 Å². The maximum absolute atomic E-state index is 11.0. The van der Waals surface area contributed by atoms with Crippen LogP contribution in [-0.2, 0) is 10.2 Å². The highest BCUT2D eigenvalue weighted by Gasteiger charge is 2.52. The lowest BCUT2D eigenvalue weighted by Gasteiger charge is -2.10. The molecule has 0 atom stereocenters. The molecule has 14 heavy (non-hydrogen) atoms. The van der Waals surface area contributed by atoms with E-state index < -0.39 is 11.4 Å². The zero-order valence-corrected chi connectivity index (χ0v) is 7.53. The van der Waals surface area contributed by atoms with Crippen molar-refractivity contribution < 1.29 is 9.90 Å². The molecule has 0 saturated heterocycles. The van der Waals surface area contributed by atoms with Gasteiger partial charge in [0.1, 0.15) is 0 Å². The van der Waals surface area contributed by atoms with Crippen LogP contribution in [0.1, 0.15) is 24.0 Å². The topological polar surface area (TPSA) is 61.1 Å². The van der Waals surface area contributed by atoms with E-state index in [1.807, 2.05) is 6.07 Å². The molecule has 2 rings (SSSR count). The molecule has 0 bridgehead atoms. The van der Waals surface area contributed by atoms with Crippen LogP contribution in [0.5, 0.6) is 0 Å². The summed E-state index contributed by atoms with van der Waals surface area (Å²) in [7, 11) is 0. The molecule has 3 heteroatoms. The Labute approximate surface area is 81.6 Å². The predicted octanol–water partition coefficient (Wildman–Crippen LogP) is 1.67. The minimum Gasteiger partial charge on any atom is -0.481 e. The summed E-state index contributed by atoms with van der Waals surface area (Å²) in [6.45, 7) is 0. The van der Waals surface area contributed by atoms with Gasteiger partial charge >= 0.3 is 5.97 Å². The molecule has 0 radical (unpaired) electrons. The minimum atomic E-state index is -0.819. The first-order valence-electron chi connectivity index (χ1n) is 4.44. The molecule has 1 aromatic carbocycles. The van der Waals surface area contributed by atoms with Crippen molar-refractivity contribution in [2.45, 2.75) is 18.3 Å². The van der Waals surface area contributed by atoms with Gasteiger partial charge in [0.2, 0.25) is 0 Å². The molecule has 3 nitrogen and oxygen atoms in total. The highest BCUT2D eigenvalue weighted by Crippen LogP contribution is 2.49. The fourth-order valence-corrected chi connectivity index (χ4v) is 1.72. The average molecular weight is 187 g/mol. The number of carboxylic acids is 1. The first-order chi connectivity index (χ1) is 6.70. The summed E-state index contributed by atoms with van der Waals surface area (Å²) < 4.78 is 0. The number of nitrogens with zero attached hydrogens (tertiary/aromatic N) is 1. The zero-order chi connectivity index (χ0) is 10.2. The maximum atomic E-state index is 11.0. The molecule has 1 aliphatic carbocycles. The Balaban J connectivity index is 2.53. The van der Waals surface area contributed by atoms with Gasteiger partial charge in [-0.15, -0.1) is 0 Å². The van der Waals surface area contributed by atoms with Crippen molar-refractivity contribution in [3.8, 4) is 6.07 Å². The van der Waals surface area contributed by atoms with Gasteiger partial charge in [0.05, 0.1) is 17.0 Å². The largest absolute Gasteiger partial charge is 0.481 e. The van der Waals surface area contributed by atoms with Crippen molar-refractivity contribution in [1.29, 1.82) is 5.26 Å². The summed E-state index contributed by atoms with van der Waals surface area (Å²) in [6.07, 6.45) is 1.28. The van der Waals surface area contributed by atoms with Gasteiger partial charge in [-0.05, 0) is 24.5 Å². The Morgan fingerprint density at radius 1 is 1.43 bits per heavy atom. The Bertz CT molecular complexity index is 427. The minimum absolute atomic E-state index is 0.479. The first kappa shape index (κ1) is 8.76. The SMILES string of the molecule is N#Cc1ccccc1C1(C(=O)O)CC1. The summed E-state index contributed by atoms with van der Waals surface area (Å²) in [4.78, 5) is 11.0. The number of aliphatic carboxylic acids is 1. The molecule has 0 amide bonds. The predicted molar refractivity (Wildman–Crippen MR) is 49.7 cm³/mol. The van der Waals surface area contributed by atoms with Crippen LogP contribution >= 0.6 is 0 Å². The van der Waals surface area contributed by atoms with Crippen LogP contribution in [0.4, 0.5) is 0 Å². The summed E-state index contributed by atoms with van der Waals surface area (Å²) in [5.74, 6) is -0.819. The van der Waals surface area contributed by atoms with Gasteiger partial charge in [0.25, 0.3) is 0 Å².